The molecule has 2 heterocycles. The minimum Gasteiger partial charge on any atom is -0.469 e. The number of carbonyl (C=O) groups is 1. The Labute approximate surface area is 167 Å². The second kappa shape index (κ2) is 7.82. The van der Waals surface area contributed by atoms with Crippen LogP contribution in [0.4, 0.5) is 0 Å². The molecule has 0 amide bonds. The minimum absolute atomic E-state index is 0.0224. The third-order valence-corrected chi connectivity index (χ3v) is 5.57. The van der Waals surface area contributed by atoms with E-state index in [9.17, 15) is 4.79 Å². The predicted octanol–water partition coefficient (Wildman–Crippen LogP) is 3.92. The van der Waals surface area contributed by atoms with E-state index in [0.29, 0.717) is 0 Å². The molecule has 1 atom stereocenters. The molecule has 4 rings (SSSR count). The van der Waals surface area contributed by atoms with Gasteiger partial charge in [0.1, 0.15) is 0 Å². The van der Waals surface area contributed by atoms with Gasteiger partial charge in [-0.3, -0.25) is 9.69 Å². The van der Waals surface area contributed by atoms with Gasteiger partial charge in [-0.1, -0.05) is 57.5 Å². The maximum atomic E-state index is 11.5. The van der Waals surface area contributed by atoms with Crippen molar-refractivity contribution in [3.8, 4) is 0 Å². The quantitative estimate of drug-likeness (QED) is 0.677. The zero-order chi connectivity index (χ0) is 18.8. The summed E-state index contributed by atoms with van der Waals surface area (Å²) >= 11 is 3.50. The Balaban J connectivity index is 1.33. The third kappa shape index (κ3) is 4.06. The molecule has 2 aromatic carbocycles. The Bertz CT molecular complexity index is 860. The van der Waals surface area contributed by atoms with Crippen molar-refractivity contribution in [2.45, 2.75) is 19.1 Å². The fourth-order valence-corrected chi connectivity index (χ4v) is 3.93. The van der Waals surface area contributed by atoms with Crippen molar-refractivity contribution in [2.24, 2.45) is 11.1 Å². The lowest BCUT2D eigenvalue weighted by atomic mass is 9.98. The topological polar surface area (TPSA) is 51.1 Å². The number of hydrogen-bond donors (Lipinski definition) is 0. The summed E-state index contributed by atoms with van der Waals surface area (Å²) in [7, 11) is 1.44. The van der Waals surface area contributed by atoms with Crippen LogP contribution in [0.2, 0.25) is 0 Å². The van der Waals surface area contributed by atoms with Gasteiger partial charge in [0.05, 0.1) is 18.7 Å². The number of rotatable bonds is 5. The molecule has 27 heavy (non-hydrogen) atoms. The number of halogens is 1. The van der Waals surface area contributed by atoms with Gasteiger partial charge >= 0.3 is 5.97 Å². The first kappa shape index (κ1) is 18.2. The van der Waals surface area contributed by atoms with E-state index in [1.54, 1.807) is 0 Å². The Morgan fingerprint density at radius 2 is 2.04 bits per heavy atom. The molecule has 140 valence electrons. The molecule has 1 unspecified atom stereocenters. The molecule has 2 aromatic rings. The van der Waals surface area contributed by atoms with Crippen molar-refractivity contribution in [1.29, 1.82) is 0 Å². The Kier molecular flexibility index (Phi) is 5.27. The van der Waals surface area contributed by atoms with E-state index in [2.05, 4.69) is 62.4 Å². The molecule has 0 radical (unpaired) electrons. The lowest BCUT2D eigenvalue weighted by Crippen LogP contribution is -2.49. The zero-order valence-corrected chi connectivity index (χ0v) is 16.7. The predicted molar refractivity (Wildman–Crippen MR) is 106 cm³/mol. The standard InChI is InChI=1S/C21H21BrN2O3/c1-26-21(25)17-12-24(13-17)11-14-5-7-15(8-6-14)19-10-20(27-23-19)16-3-2-4-18(22)9-16/h2-9,17,20H,10-13H2,1H3. The summed E-state index contributed by atoms with van der Waals surface area (Å²) in [5, 5.41) is 4.29. The van der Waals surface area contributed by atoms with Crippen LogP contribution in [-0.4, -0.2) is 36.8 Å². The first-order chi connectivity index (χ1) is 13.1. The molecule has 0 bridgehead atoms. The number of methoxy groups -OCH3 is 1. The molecule has 0 aliphatic carbocycles. The fourth-order valence-electron chi connectivity index (χ4n) is 3.51. The Morgan fingerprint density at radius 3 is 2.74 bits per heavy atom. The fraction of sp³-hybridized carbons (Fsp3) is 0.333. The normalized spacial score (nSPS) is 19.9. The van der Waals surface area contributed by atoms with Crippen LogP contribution in [0, 0.1) is 5.92 Å². The van der Waals surface area contributed by atoms with Gasteiger partial charge < -0.3 is 9.57 Å². The van der Waals surface area contributed by atoms with E-state index in [1.165, 1.54) is 12.7 Å². The van der Waals surface area contributed by atoms with Gasteiger partial charge in [0.25, 0.3) is 0 Å². The van der Waals surface area contributed by atoms with E-state index in [-0.39, 0.29) is 18.0 Å². The van der Waals surface area contributed by atoms with Crippen LogP contribution < -0.4 is 0 Å². The van der Waals surface area contributed by atoms with Crippen LogP contribution in [0.25, 0.3) is 0 Å². The molecule has 5 nitrogen and oxygen atoms in total. The summed E-state index contributed by atoms with van der Waals surface area (Å²) in [5.41, 5.74) is 4.41. The maximum absolute atomic E-state index is 11.5. The van der Waals surface area contributed by atoms with Crippen molar-refractivity contribution in [3.63, 3.8) is 0 Å². The highest BCUT2D eigenvalue weighted by molar-refractivity contribution is 9.10. The van der Waals surface area contributed by atoms with Gasteiger partial charge in [0.2, 0.25) is 0 Å². The largest absolute Gasteiger partial charge is 0.469 e. The van der Waals surface area contributed by atoms with Crippen molar-refractivity contribution < 1.29 is 14.4 Å². The number of oxime groups is 1. The number of benzene rings is 2. The molecule has 2 aliphatic heterocycles. The lowest BCUT2D eigenvalue weighted by Gasteiger charge is -2.37. The van der Waals surface area contributed by atoms with Crippen molar-refractivity contribution >= 4 is 27.6 Å². The first-order valence-electron chi connectivity index (χ1n) is 9.00. The van der Waals surface area contributed by atoms with Crippen LogP contribution in [0.1, 0.15) is 29.2 Å². The molecule has 1 fully saturated rings. The van der Waals surface area contributed by atoms with Crippen molar-refractivity contribution in [3.05, 3.63) is 69.7 Å². The van der Waals surface area contributed by atoms with Gasteiger partial charge in [-0.15, -0.1) is 0 Å². The van der Waals surface area contributed by atoms with Gasteiger partial charge in [-0.2, -0.15) is 0 Å². The number of nitrogens with zero attached hydrogens (tertiary/aromatic N) is 2. The van der Waals surface area contributed by atoms with Crippen LogP contribution in [0.5, 0.6) is 0 Å². The minimum atomic E-state index is -0.110. The highest BCUT2D eigenvalue weighted by Crippen LogP contribution is 2.31. The molecule has 1 saturated heterocycles. The molecular weight excluding hydrogens is 408 g/mol. The number of carbonyl (C=O) groups excluding carboxylic acids is 1. The van der Waals surface area contributed by atoms with Crippen LogP contribution in [0.15, 0.2) is 58.2 Å². The average Bonchev–Trinajstić information content (AvgIpc) is 3.14. The number of esters is 1. The lowest BCUT2D eigenvalue weighted by molar-refractivity contribution is -0.151. The maximum Gasteiger partial charge on any atom is 0.311 e. The first-order valence-corrected chi connectivity index (χ1v) is 9.79. The van der Waals surface area contributed by atoms with Gasteiger partial charge in [0.15, 0.2) is 6.10 Å². The zero-order valence-electron chi connectivity index (χ0n) is 15.1. The van der Waals surface area contributed by atoms with Crippen LogP contribution in [-0.2, 0) is 20.9 Å². The molecule has 2 aliphatic rings. The van der Waals surface area contributed by atoms with E-state index in [1.807, 2.05) is 12.1 Å². The summed E-state index contributed by atoms with van der Waals surface area (Å²) < 4.78 is 5.82. The highest BCUT2D eigenvalue weighted by Gasteiger charge is 2.33. The third-order valence-electron chi connectivity index (χ3n) is 5.07. The van der Waals surface area contributed by atoms with Crippen molar-refractivity contribution in [2.75, 3.05) is 20.2 Å². The van der Waals surface area contributed by atoms with E-state index < -0.39 is 0 Å². The second-order valence-corrected chi connectivity index (χ2v) is 7.92. The summed E-state index contributed by atoms with van der Waals surface area (Å²) in [4.78, 5) is 19.3. The summed E-state index contributed by atoms with van der Waals surface area (Å²) in [6.07, 6.45) is 0.733. The molecular formula is C21H21BrN2O3. The molecule has 0 saturated carbocycles. The van der Waals surface area contributed by atoms with E-state index >= 15 is 0 Å². The monoisotopic (exact) mass is 428 g/mol. The summed E-state index contributed by atoms with van der Waals surface area (Å²) in [6, 6.07) is 16.6. The Hall–Kier alpha value is -2.18. The molecule has 6 heteroatoms. The van der Waals surface area contributed by atoms with Gasteiger partial charge in [-0.25, -0.2) is 0 Å². The molecule has 0 N–H and O–H groups in total. The second-order valence-electron chi connectivity index (χ2n) is 7.00. The number of ether oxygens (including phenoxy) is 1. The molecule has 0 spiro atoms. The Morgan fingerprint density at radius 1 is 1.26 bits per heavy atom. The van der Waals surface area contributed by atoms with Crippen molar-refractivity contribution in [1.82, 2.24) is 4.90 Å². The number of hydrogen-bond acceptors (Lipinski definition) is 5. The molecule has 0 aromatic heterocycles. The summed E-state index contributed by atoms with van der Waals surface area (Å²) in [6.45, 7) is 2.38. The SMILES string of the molecule is COC(=O)C1CN(Cc2ccc(C3=NOC(c4cccc(Br)c4)C3)cc2)C1. The number of likely N-dealkylation sites (tertiary alicyclic amines) is 1. The van der Waals surface area contributed by atoms with Gasteiger partial charge in [0, 0.05) is 30.5 Å². The van der Waals surface area contributed by atoms with Crippen LogP contribution in [0.3, 0.4) is 0 Å². The summed E-state index contributed by atoms with van der Waals surface area (Å²) in [5.74, 6) is -0.0879. The average molecular weight is 429 g/mol. The van der Waals surface area contributed by atoms with E-state index in [4.69, 9.17) is 9.57 Å². The van der Waals surface area contributed by atoms with Gasteiger partial charge in [-0.05, 0) is 28.8 Å². The van der Waals surface area contributed by atoms with Crippen LogP contribution >= 0.6 is 15.9 Å². The van der Waals surface area contributed by atoms with E-state index in [0.717, 1.165) is 47.4 Å². The highest BCUT2D eigenvalue weighted by atomic mass is 79.9. The smallest absolute Gasteiger partial charge is 0.311 e.